The van der Waals surface area contributed by atoms with Crippen LogP contribution in [0.5, 0.6) is 0 Å². The number of aliphatic carboxylic acids is 1. The van der Waals surface area contributed by atoms with Crippen LogP contribution in [0.4, 0.5) is 0 Å². The van der Waals surface area contributed by atoms with Crippen LogP contribution in [-0.2, 0) is 35.1 Å². The van der Waals surface area contributed by atoms with E-state index in [0.29, 0.717) is 6.42 Å². The van der Waals surface area contributed by atoms with Crippen molar-refractivity contribution in [2.24, 2.45) is 5.92 Å². The van der Waals surface area contributed by atoms with E-state index in [1.807, 2.05) is 17.5 Å². The van der Waals surface area contributed by atoms with Gasteiger partial charge in [-0.05, 0) is 36.6 Å². The number of carboxylic acids is 1. The van der Waals surface area contributed by atoms with Gasteiger partial charge in [0.1, 0.15) is 12.1 Å². The van der Waals surface area contributed by atoms with Gasteiger partial charge in [0.15, 0.2) is 0 Å². The molecular formula is C22H30N3O7S-. The largest absolute Gasteiger partial charge is 0.550 e. The molecule has 1 aromatic rings. The maximum absolute atomic E-state index is 13.1. The van der Waals surface area contributed by atoms with Crippen LogP contribution in [0.25, 0.3) is 0 Å². The summed E-state index contributed by atoms with van der Waals surface area (Å²) in [5, 5.41) is 18.2. The predicted octanol–water partition coefficient (Wildman–Crippen LogP) is -0.390. The maximum Gasteiger partial charge on any atom is 0.328 e. The van der Waals surface area contributed by atoms with Crippen molar-refractivity contribution in [1.82, 2.24) is 15.5 Å². The molecule has 3 amide bonds. The zero-order valence-corrected chi connectivity index (χ0v) is 19.8. The minimum Gasteiger partial charge on any atom is -0.550 e. The van der Waals surface area contributed by atoms with Crippen LogP contribution in [-0.4, -0.2) is 66.3 Å². The maximum atomic E-state index is 13.1. The molecule has 0 radical (unpaired) electrons. The third-order valence-electron chi connectivity index (χ3n) is 5.47. The van der Waals surface area contributed by atoms with Gasteiger partial charge >= 0.3 is 5.97 Å². The van der Waals surface area contributed by atoms with Gasteiger partial charge in [-0.1, -0.05) is 19.9 Å². The Morgan fingerprint density at radius 2 is 1.97 bits per heavy atom. The minimum absolute atomic E-state index is 0.144. The van der Waals surface area contributed by atoms with Gasteiger partial charge in [-0.25, -0.2) is 4.79 Å². The first-order valence-corrected chi connectivity index (χ1v) is 11.7. The van der Waals surface area contributed by atoms with Crippen LogP contribution in [0, 0.1) is 5.92 Å². The molecule has 33 heavy (non-hydrogen) atoms. The number of ether oxygens (including phenoxy) is 1. The summed E-state index contributed by atoms with van der Waals surface area (Å²) in [5.74, 6) is -3.46. The molecule has 0 bridgehead atoms. The van der Waals surface area contributed by atoms with Crippen LogP contribution in [0.2, 0.25) is 0 Å². The Bertz CT molecular complexity index is 856. The second-order valence-electron chi connectivity index (χ2n) is 8.27. The average molecular weight is 481 g/mol. The molecule has 11 heteroatoms. The Morgan fingerprint density at radius 1 is 1.24 bits per heavy atom. The number of nitrogens with one attached hydrogen (secondary N) is 2. The number of likely N-dealkylation sites (tertiary alicyclic amines) is 1. The van der Waals surface area contributed by atoms with Gasteiger partial charge in [-0.2, -0.15) is 0 Å². The lowest BCUT2D eigenvalue weighted by molar-refractivity contribution is -0.305. The monoisotopic (exact) mass is 480 g/mol. The number of amides is 3. The summed E-state index contributed by atoms with van der Waals surface area (Å²) in [6.07, 6.45) is 0.0251. The number of hydrogen-bond acceptors (Lipinski definition) is 8. The van der Waals surface area contributed by atoms with E-state index in [4.69, 9.17) is 4.74 Å². The lowest BCUT2D eigenvalue weighted by Gasteiger charge is -2.39. The molecule has 2 rings (SSSR count). The van der Waals surface area contributed by atoms with Crippen LogP contribution >= 0.6 is 11.3 Å². The Labute approximate surface area is 196 Å². The highest BCUT2D eigenvalue weighted by molar-refractivity contribution is 7.10. The normalized spacial score (nSPS) is 19.0. The van der Waals surface area contributed by atoms with Gasteiger partial charge in [-0.15, -0.1) is 11.3 Å². The number of esters is 1. The summed E-state index contributed by atoms with van der Waals surface area (Å²) in [5.41, 5.74) is 0. The van der Waals surface area contributed by atoms with E-state index < -0.39 is 42.3 Å². The van der Waals surface area contributed by atoms with E-state index in [2.05, 4.69) is 10.6 Å². The first-order chi connectivity index (χ1) is 15.6. The molecule has 2 heterocycles. The number of nitrogens with zero attached hydrogens (tertiary/aromatic N) is 1. The fourth-order valence-electron chi connectivity index (χ4n) is 3.72. The van der Waals surface area contributed by atoms with Crippen LogP contribution in [0.3, 0.4) is 0 Å². The van der Waals surface area contributed by atoms with Crippen molar-refractivity contribution in [2.75, 3.05) is 13.7 Å². The van der Waals surface area contributed by atoms with E-state index >= 15 is 0 Å². The molecule has 3 atom stereocenters. The Kier molecular flexibility index (Phi) is 9.83. The number of carbonyl (C=O) groups excluding carboxylic acids is 5. The number of thiophene rings is 1. The lowest BCUT2D eigenvalue weighted by atomic mass is 9.94. The zero-order valence-electron chi connectivity index (χ0n) is 19.0. The Hall–Kier alpha value is -2.95. The van der Waals surface area contributed by atoms with Gasteiger partial charge in [0.05, 0.1) is 13.5 Å². The number of piperidine rings is 1. The van der Waals surface area contributed by atoms with Crippen molar-refractivity contribution < 1.29 is 33.8 Å². The zero-order chi connectivity index (χ0) is 24.5. The van der Waals surface area contributed by atoms with Gasteiger partial charge in [0.2, 0.25) is 17.7 Å². The van der Waals surface area contributed by atoms with Crippen LogP contribution < -0.4 is 15.7 Å². The van der Waals surface area contributed by atoms with Crippen molar-refractivity contribution in [2.45, 2.75) is 64.1 Å². The fourth-order valence-corrected chi connectivity index (χ4v) is 4.42. The summed E-state index contributed by atoms with van der Waals surface area (Å²) in [6, 6.07) is 1.49. The van der Waals surface area contributed by atoms with E-state index in [1.165, 1.54) is 23.3 Å². The van der Waals surface area contributed by atoms with Crippen molar-refractivity contribution in [3.63, 3.8) is 0 Å². The van der Waals surface area contributed by atoms with E-state index in [9.17, 15) is 29.1 Å². The summed E-state index contributed by atoms with van der Waals surface area (Å²) in [7, 11) is 1.22. The third kappa shape index (κ3) is 7.85. The molecule has 1 aromatic heterocycles. The SMILES string of the molecule is COC(=O)[C@H](NC(=O)[C@@H]1C[C@@H](NC(=O)Cc2cccs2)CCN1C(=O)CCC(=O)[O-])C(C)C. The van der Waals surface area contributed by atoms with E-state index in [1.54, 1.807) is 13.8 Å². The van der Waals surface area contributed by atoms with Crippen molar-refractivity contribution in [3.05, 3.63) is 22.4 Å². The van der Waals surface area contributed by atoms with Crippen molar-refractivity contribution >= 4 is 41.0 Å². The van der Waals surface area contributed by atoms with Crippen molar-refractivity contribution in [3.8, 4) is 0 Å². The molecular weight excluding hydrogens is 450 g/mol. The molecule has 2 N–H and O–H groups in total. The molecule has 0 spiro atoms. The number of carboxylic acid groups (broad SMARTS) is 1. The lowest BCUT2D eigenvalue weighted by Crippen LogP contribution is -2.59. The molecule has 1 fully saturated rings. The van der Waals surface area contributed by atoms with Gasteiger partial charge in [-0.3, -0.25) is 14.4 Å². The molecule has 10 nitrogen and oxygen atoms in total. The molecule has 0 aliphatic carbocycles. The fraction of sp³-hybridized carbons (Fsp3) is 0.591. The summed E-state index contributed by atoms with van der Waals surface area (Å²) in [4.78, 5) is 63.3. The highest BCUT2D eigenvalue weighted by Crippen LogP contribution is 2.21. The van der Waals surface area contributed by atoms with Crippen molar-refractivity contribution in [1.29, 1.82) is 0 Å². The van der Waals surface area contributed by atoms with Gasteiger partial charge in [0.25, 0.3) is 0 Å². The van der Waals surface area contributed by atoms with Crippen LogP contribution in [0.15, 0.2) is 17.5 Å². The van der Waals surface area contributed by atoms with Gasteiger partial charge in [0, 0.05) is 29.9 Å². The number of hydrogen-bond donors (Lipinski definition) is 2. The molecule has 182 valence electrons. The average Bonchev–Trinajstić information content (AvgIpc) is 3.27. The molecule has 0 saturated carbocycles. The van der Waals surface area contributed by atoms with E-state index in [0.717, 1.165) is 4.88 Å². The Morgan fingerprint density at radius 3 is 2.55 bits per heavy atom. The smallest absolute Gasteiger partial charge is 0.328 e. The third-order valence-corrected chi connectivity index (χ3v) is 6.34. The Balaban J connectivity index is 2.13. The summed E-state index contributed by atoms with van der Waals surface area (Å²) < 4.78 is 4.76. The summed E-state index contributed by atoms with van der Waals surface area (Å²) in [6.45, 7) is 3.66. The number of carbonyl (C=O) groups is 5. The molecule has 1 aliphatic heterocycles. The second kappa shape index (κ2) is 12.3. The molecule has 0 unspecified atom stereocenters. The van der Waals surface area contributed by atoms with E-state index in [-0.39, 0.29) is 43.7 Å². The standard InChI is InChI=1S/C22H31N3O7S/c1-13(2)20(22(31)32-3)24-21(30)16-11-14(23-17(26)12-15-5-4-10-33-15)8-9-25(16)18(27)6-7-19(28)29/h4-5,10,13-14,16,20H,6-9,11-12H2,1-3H3,(H,23,26)(H,24,30)(H,28,29)/p-1/t14-,16-,20+/m0/s1. The summed E-state index contributed by atoms with van der Waals surface area (Å²) >= 11 is 1.47. The predicted molar refractivity (Wildman–Crippen MR) is 118 cm³/mol. The number of methoxy groups -OCH3 is 1. The first kappa shape index (κ1) is 26.3. The minimum atomic E-state index is -1.36. The highest BCUT2D eigenvalue weighted by atomic mass is 32.1. The molecule has 0 aromatic carbocycles. The second-order valence-corrected chi connectivity index (χ2v) is 9.31. The van der Waals surface area contributed by atoms with Crippen LogP contribution in [0.1, 0.15) is 44.4 Å². The molecule has 1 aliphatic rings. The first-order valence-electron chi connectivity index (χ1n) is 10.8. The van der Waals surface area contributed by atoms with Gasteiger partial charge < -0.3 is 30.2 Å². The number of rotatable bonds is 10. The quantitative estimate of drug-likeness (QED) is 0.434. The molecule has 1 saturated heterocycles. The highest BCUT2D eigenvalue weighted by Gasteiger charge is 2.38. The topological polar surface area (TPSA) is 145 Å².